The summed E-state index contributed by atoms with van der Waals surface area (Å²) in [6.07, 6.45) is 5.20. The second kappa shape index (κ2) is 5.55. The topological polar surface area (TPSA) is 26.3 Å². The van der Waals surface area contributed by atoms with Crippen LogP contribution in [-0.2, 0) is 9.53 Å². The third kappa shape index (κ3) is 2.58. The van der Waals surface area contributed by atoms with Crippen LogP contribution in [0, 0.1) is 23.6 Å². The van der Waals surface area contributed by atoms with E-state index in [-0.39, 0.29) is 11.8 Å². The van der Waals surface area contributed by atoms with Crippen molar-refractivity contribution in [2.75, 3.05) is 6.61 Å². The van der Waals surface area contributed by atoms with E-state index in [1.165, 1.54) is 37.8 Å². The molecule has 2 fully saturated rings. The van der Waals surface area contributed by atoms with Crippen LogP contribution in [0.15, 0.2) is 24.3 Å². The SMILES string of the molecule is CC(C(=O)OCC1CC2CCCC21)c1cccc(F)c1. The van der Waals surface area contributed by atoms with E-state index in [0.717, 1.165) is 11.8 Å². The van der Waals surface area contributed by atoms with Gasteiger partial charge < -0.3 is 4.74 Å². The molecule has 2 aliphatic carbocycles. The maximum absolute atomic E-state index is 13.2. The minimum atomic E-state index is -0.398. The van der Waals surface area contributed by atoms with Crippen molar-refractivity contribution in [1.29, 1.82) is 0 Å². The molecule has 1 aromatic rings. The quantitative estimate of drug-likeness (QED) is 0.779. The van der Waals surface area contributed by atoms with Gasteiger partial charge in [-0.15, -0.1) is 0 Å². The highest BCUT2D eigenvalue weighted by Gasteiger charge is 2.44. The lowest BCUT2D eigenvalue weighted by Crippen LogP contribution is -2.36. The molecular weight excluding hydrogens is 255 g/mol. The van der Waals surface area contributed by atoms with Crippen LogP contribution in [0.5, 0.6) is 0 Å². The van der Waals surface area contributed by atoms with Gasteiger partial charge in [-0.1, -0.05) is 25.0 Å². The van der Waals surface area contributed by atoms with Crippen LogP contribution < -0.4 is 0 Å². The molecule has 2 aliphatic rings. The third-order valence-electron chi connectivity index (χ3n) is 5.07. The van der Waals surface area contributed by atoms with E-state index in [9.17, 15) is 9.18 Å². The number of hydrogen-bond acceptors (Lipinski definition) is 2. The molecule has 0 N–H and O–H groups in total. The normalized spacial score (nSPS) is 29.4. The van der Waals surface area contributed by atoms with Crippen molar-refractivity contribution < 1.29 is 13.9 Å². The molecule has 0 saturated heterocycles. The molecule has 2 saturated carbocycles. The Labute approximate surface area is 119 Å². The number of halogens is 1. The van der Waals surface area contributed by atoms with Crippen LogP contribution in [-0.4, -0.2) is 12.6 Å². The summed E-state index contributed by atoms with van der Waals surface area (Å²) in [4.78, 5) is 12.0. The first kappa shape index (κ1) is 13.6. The molecule has 4 atom stereocenters. The Bertz CT molecular complexity index is 500. The van der Waals surface area contributed by atoms with Gasteiger partial charge in [-0.3, -0.25) is 4.79 Å². The average molecular weight is 276 g/mol. The standard InChI is InChI=1S/C17H21FO2/c1-11(12-4-2-6-15(18)9-12)17(19)20-10-14-8-13-5-3-7-16(13)14/h2,4,6,9,11,13-14,16H,3,5,7-8,10H2,1H3. The smallest absolute Gasteiger partial charge is 0.313 e. The molecule has 0 heterocycles. The zero-order chi connectivity index (χ0) is 14.1. The summed E-state index contributed by atoms with van der Waals surface area (Å²) >= 11 is 0. The van der Waals surface area contributed by atoms with Crippen LogP contribution in [0.4, 0.5) is 4.39 Å². The minimum absolute atomic E-state index is 0.239. The summed E-state index contributed by atoms with van der Waals surface area (Å²) in [6.45, 7) is 2.32. The van der Waals surface area contributed by atoms with Gasteiger partial charge >= 0.3 is 5.97 Å². The van der Waals surface area contributed by atoms with Gasteiger partial charge in [-0.05, 0) is 55.2 Å². The molecule has 4 unspecified atom stereocenters. The van der Waals surface area contributed by atoms with Gasteiger partial charge in [0.05, 0.1) is 12.5 Å². The predicted octanol–water partition coefficient (Wildman–Crippen LogP) is 3.91. The van der Waals surface area contributed by atoms with Crippen molar-refractivity contribution in [2.24, 2.45) is 17.8 Å². The van der Waals surface area contributed by atoms with Crippen LogP contribution in [0.1, 0.15) is 44.1 Å². The summed E-state index contributed by atoms with van der Waals surface area (Å²) in [5.41, 5.74) is 0.683. The Morgan fingerprint density at radius 2 is 2.30 bits per heavy atom. The van der Waals surface area contributed by atoms with Crippen molar-refractivity contribution in [1.82, 2.24) is 0 Å². The fourth-order valence-electron chi connectivity index (χ4n) is 3.76. The van der Waals surface area contributed by atoms with Crippen LogP contribution >= 0.6 is 0 Å². The molecule has 2 nitrogen and oxygen atoms in total. The lowest BCUT2D eigenvalue weighted by molar-refractivity contribution is -0.149. The largest absolute Gasteiger partial charge is 0.465 e. The lowest BCUT2D eigenvalue weighted by Gasteiger charge is -2.40. The molecular formula is C17H21FO2. The number of rotatable bonds is 4. The molecule has 0 bridgehead atoms. The molecule has 3 rings (SSSR count). The summed E-state index contributed by atoms with van der Waals surface area (Å²) in [7, 11) is 0. The van der Waals surface area contributed by atoms with Crippen LogP contribution in [0.25, 0.3) is 0 Å². The lowest BCUT2D eigenvalue weighted by atomic mass is 9.67. The van der Waals surface area contributed by atoms with Crippen molar-refractivity contribution in [2.45, 2.75) is 38.5 Å². The van der Waals surface area contributed by atoms with E-state index in [1.807, 2.05) is 0 Å². The average Bonchev–Trinajstić information content (AvgIpc) is 2.79. The first-order chi connectivity index (χ1) is 9.65. The molecule has 0 aromatic heterocycles. The Kier molecular flexibility index (Phi) is 3.77. The van der Waals surface area contributed by atoms with Crippen molar-refractivity contribution in [3.05, 3.63) is 35.6 Å². The zero-order valence-corrected chi connectivity index (χ0v) is 11.8. The number of ether oxygens (including phenoxy) is 1. The fraction of sp³-hybridized carbons (Fsp3) is 0.588. The molecule has 3 heteroatoms. The van der Waals surface area contributed by atoms with Crippen LogP contribution in [0.3, 0.4) is 0 Å². The van der Waals surface area contributed by atoms with Crippen molar-refractivity contribution in [3.8, 4) is 0 Å². The number of hydrogen-bond donors (Lipinski definition) is 0. The molecule has 1 aromatic carbocycles. The Balaban J connectivity index is 1.51. The van der Waals surface area contributed by atoms with Gasteiger partial charge in [0.1, 0.15) is 5.82 Å². The second-order valence-electron chi connectivity index (χ2n) is 6.26. The van der Waals surface area contributed by atoms with Crippen LogP contribution in [0.2, 0.25) is 0 Å². The fourth-order valence-corrected chi connectivity index (χ4v) is 3.76. The van der Waals surface area contributed by atoms with Gasteiger partial charge in [0.2, 0.25) is 0 Å². The zero-order valence-electron chi connectivity index (χ0n) is 11.8. The van der Waals surface area contributed by atoms with E-state index >= 15 is 0 Å². The highest BCUT2D eigenvalue weighted by Crippen LogP contribution is 2.51. The monoisotopic (exact) mass is 276 g/mol. The number of benzene rings is 1. The Morgan fingerprint density at radius 3 is 3.05 bits per heavy atom. The van der Waals surface area contributed by atoms with Gasteiger partial charge in [0.25, 0.3) is 0 Å². The van der Waals surface area contributed by atoms with E-state index in [4.69, 9.17) is 4.74 Å². The first-order valence-electron chi connectivity index (χ1n) is 7.57. The number of carbonyl (C=O) groups is 1. The number of esters is 1. The summed E-state index contributed by atoms with van der Waals surface area (Å²) in [5, 5.41) is 0. The van der Waals surface area contributed by atoms with Crippen molar-refractivity contribution >= 4 is 5.97 Å². The molecule has 20 heavy (non-hydrogen) atoms. The molecule has 0 amide bonds. The highest BCUT2D eigenvalue weighted by atomic mass is 19.1. The molecule has 0 radical (unpaired) electrons. The van der Waals surface area contributed by atoms with E-state index in [1.54, 1.807) is 19.1 Å². The predicted molar refractivity (Wildman–Crippen MR) is 74.7 cm³/mol. The first-order valence-corrected chi connectivity index (χ1v) is 7.57. The Hall–Kier alpha value is -1.38. The van der Waals surface area contributed by atoms with Gasteiger partial charge in [0, 0.05) is 0 Å². The second-order valence-corrected chi connectivity index (χ2v) is 6.26. The van der Waals surface area contributed by atoms with E-state index in [2.05, 4.69) is 0 Å². The summed E-state index contributed by atoms with van der Waals surface area (Å²) in [6, 6.07) is 6.19. The summed E-state index contributed by atoms with van der Waals surface area (Å²) in [5.74, 6) is 1.29. The Morgan fingerprint density at radius 1 is 1.45 bits per heavy atom. The van der Waals surface area contributed by atoms with Gasteiger partial charge in [-0.25, -0.2) is 4.39 Å². The number of carbonyl (C=O) groups excluding carboxylic acids is 1. The molecule has 108 valence electrons. The minimum Gasteiger partial charge on any atom is -0.465 e. The summed E-state index contributed by atoms with van der Waals surface area (Å²) < 4.78 is 18.6. The maximum atomic E-state index is 13.2. The molecule has 0 aliphatic heterocycles. The van der Waals surface area contributed by atoms with Gasteiger partial charge in [-0.2, -0.15) is 0 Å². The third-order valence-corrected chi connectivity index (χ3v) is 5.07. The highest BCUT2D eigenvalue weighted by molar-refractivity contribution is 5.77. The van der Waals surface area contributed by atoms with E-state index in [0.29, 0.717) is 18.1 Å². The van der Waals surface area contributed by atoms with E-state index < -0.39 is 5.92 Å². The maximum Gasteiger partial charge on any atom is 0.313 e. The molecule has 0 spiro atoms. The van der Waals surface area contributed by atoms with Gasteiger partial charge in [0.15, 0.2) is 0 Å². The van der Waals surface area contributed by atoms with Crippen molar-refractivity contribution in [3.63, 3.8) is 0 Å². The number of fused-ring (bicyclic) bond motifs is 1.